The molecule has 0 radical (unpaired) electrons. The van der Waals surface area contributed by atoms with Crippen molar-refractivity contribution in [3.63, 3.8) is 0 Å². The quantitative estimate of drug-likeness (QED) is 0.408. The van der Waals surface area contributed by atoms with E-state index in [9.17, 15) is 9.59 Å². The molecule has 8 heteroatoms. The molecular weight excluding hydrogens is 358 g/mol. The summed E-state index contributed by atoms with van der Waals surface area (Å²) in [7, 11) is 0. The van der Waals surface area contributed by atoms with Crippen LogP contribution in [-0.2, 0) is 20.7 Å². The minimum absolute atomic E-state index is 0.0785. The van der Waals surface area contributed by atoms with E-state index in [4.69, 9.17) is 4.74 Å². The Morgan fingerprint density at radius 1 is 1.24 bits per heavy atom. The molecule has 6 nitrogen and oxygen atoms in total. The van der Waals surface area contributed by atoms with Gasteiger partial charge in [-0.25, -0.2) is 0 Å². The fourth-order valence-electron chi connectivity index (χ4n) is 2.03. The molecule has 0 unspecified atom stereocenters. The van der Waals surface area contributed by atoms with Crippen molar-refractivity contribution >= 4 is 40.1 Å². The van der Waals surface area contributed by atoms with Crippen molar-refractivity contribution in [1.29, 1.82) is 0 Å². The predicted molar refractivity (Wildman–Crippen MR) is 100 cm³/mol. The average molecular weight is 380 g/mol. The lowest BCUT2D eigenvalue weighted by molar-refractivity contribution is -0.139. The first-order chi connectivity index (χ1) is 12.1. The number of benzene rings is 1. The second-order valence-corrected chi connectivity index (χ2v) is 7.55. The van der Waals surface area contributed by atoms with Crippen LogP contribution in [-0.4, -0.2) is 34.4 Å². The number of aryl methyl sites for hydroxylation is 2. The highest BCUT2D eigenvalue weighted by Crippen LogP contribution is 2.25. The molecular formula is C17H21N3O3S2. The fraction of sp³-hybridized carbons (Fsp3) is 0.412. The van der Waals surface area contributed by atoms with Crippen LogP contribution in [0.2, 0.25) is 0 Å². The zero-order valence-electron chi connectivity index (χ0n) is 14.3. The number of carbonyl (C=O) groups is 2. The Balaban J connectivity index is 1.70. The first-order valence-corrected chi connectivity index (χ1v) is 9.84. The van der Waals surface area contributed by atoms with Crippen LogP contribution < -0.4 is 5.32 Å². The van der Waals surface area contributed by atoms with Crippen LogP contribution in [0, 0.1) is 6.92 Å². The van der Waals surface area contributed by atoms with E-state index in [-0.39, 0.29) is 17.6 Å². The summed E-state index contributed by atoms with van der Waals surface area (Å²) < 4.78 is 5.48. The molecule has 0 aliphatic carbocycles. The number of rotatable bonds is 9. The van der Waals surface area contributed by atoms with Crippen molar-refractivity contribution in [2.75, 3.05) is 17.7 Å². The maximum Gasteiger partial charge on any atom is 0.316 e. The van der Waals surface area contributed by atoms with Crippen LogP contribution in [0.15, 0.2) is 28.6 Å². The summed E-state index contributed by atoms with van der Waals surface area (Å²) in [6, 6.07) is 8.33. The summed E-state index contributed by atoms with van der Waals surface area (Å²) >= 11 is 2.51. The van der Waals surface area contributed by atoms with Crippen molar-refractivity contribution in [2.45, 2.75) is 37.4 Å². The molecule has 0 fully saturated rings. The molecule has 0 aliphatic heterocycles. The summed E-state index contributed by atoms with van der Waals surface area (Å²) in [5.74, 6) is -0.179. The highest BCUT2D eigenvalue weighted by Gasteiger charge is 2.11. The molecule has 25 heavy (non-hydrogen) atoms. The third-order valence-corrected chi connectivity index (χ3v) is 5.21. The highest BCUT2D eigenvalue weighted by molar-refractivity contribution is 8.01. The number of amides is 1. The number of carbonyl (C=O) groups excluding carboxylic acids is 2. The lowest BCUT2D eigenvalue weighted by Crippen LogP contribution is -2.11. The van der Waals surface area contributed by atoms with Gasteiger partial charge in [-0.05, 0) is 32.3 Å². The van der Waals surface area contributed by atoms with Gasteiger partial charge in [-0.1, -0.05) is 52.9 Å². The van der Waals surface area contributed by atoms with Crippen LogP contribution >= 0.6 is 23.1 Å². The summed E-state index contributed by atoms with van der Waals surface area (Å²) in [6.07, 6.45) is 2.07. The van der Waals surface area contributed by atoms with E-state index in [1.807, 2.05) is 0 Å². The fourth-order valence-corrected chi connectivity index (χ4v) is 3.60. The van der Waals surface area contributed by atoms with Gasteiger partial charge in [-0.2, -0.15) is 0 Å². The number of thioether (sulfide) groups is 1. The molecule has 2 aromatic rings. The first kappa shape index (κ1) is 19.4. The van der Waals surface area contributed by atoms with E-state index in [0.29, 0.717) is 22.5 Å². The number of hydrogen-bond donors (Lipinski definition) is 1. The molecule has 1 heterocycles. The van der Waals surface area contributed by atoms with Crippen LogP contribution in [0.5, 0.6) is 0 Å². The highest BCUT2D eigenvalue weighted by atomic mass is 32.2. The number of anilines is 1. The Morgan fingerprint density at radius 2 is 2.00 bits per heavy atom. The van der Waals surface area contributed by atoms with Gasteiger partial charge < -0.3 is 10.1 Å². The topological polar surface area (TPSA) is 81.2 Å². The van der Waals surface area contributed by atoms with Crippen molar-refractivity contribution in [2.24, 2.45) is 0 Å². The number of aromatic nitrogens is 2. The van der Waals surface area contributed by atoms with E-state index < -0.39 is 0 Å². The molecule has 0 spiro atoms. The zero-order valence-corrected chi connectivity index (χ0v) is 15.9. The average Bonchev–Trinajstić information content (AvgIpc) is 3.02. The van der Waals surface area contributed by atoms with Crippen LogP contribution in [0.25, 0.3) is 0 Å². The molecule has 2 rings (SSSR count). The number of esters is 1. The van der Waals surface area contributed by atoms with E-state index in [2.05, 4.69) is 46.7 Å². The molecule has 1 aromatic heterocycles. The molecule has 0 saturated carbocycles. The Bertz CT molecular complexity index is 701. The van der Waals surface area contributed by atoms with Gasteiger partial charge in [0, 0.05) is 6.42 Å². The van der Waals surface area contributed by atoms with Gasteiger partial charge in [0.1, 0.15) is 0 Å². The predicted octanol–water partition coefficient (Wildman–Crippen LogP) is 3.46. The first-order valence-electron chi connectivity index (χ1n) is 8.04. The number of ether oxygens (including phenoxy) is 1. The van der Waals surface area contributed by atoms with Gasteiger partial charge in [0.15, 0.2) is 4.34 Å². The zero-order chi connectivity index (χ0) is 18.1. The molecule has 0 saturated heterocycles. The summed E-state index contributed by atoms with van der Waals surface area (Å²) in [5.41, 5.74) is 2.46. The Morgan fingerprint density at radius 3 is 2.72 bits per heavy atom. The molecule has 1 aromatic carbocycles. The summed E-state index contributed by atoms with van der Waals surface area (Å²) in [4.78, 5) is 23.3. The Hall–Kier alpha value is -1.93. The second kappa shape index (κ2) is 10.1. The minimum Gasteiger partial charge on any atom is -0.465 e. The maximum atomic E-state index is 12.0. The van der Waals surface area contributed by atoms with Crippen LogP contribution in [0.4, 0.5) is 5.13 Å². The van der Waals surface area contributed by atoms with Gasteiger partial charge in [0.25, 0.3) is 0 Å². The third-order valence-electron chi connectivity index (χ3n) is 3.26. The summed E-state index contributed by atoms with van der Waals surface area (Å²) in [5, 5.41) is 11.1. The second-order valence-electron chi connectivity index (χ2n) is 5.35. The lowest BCUT2D eigenvalue weighted by Gasteiger charge is -2.02. The van der Waals surface area contributed by atoms with Crippen LogP contribution in [0.1, 0.15) is 30.9 Å². The monoisotopic (exact) mass is 379 g/mol. The van der Waals surface area contributed by atoms with Crippen molar-refractivity contribution < 1.29 is 14.3 Å². The summed E-state index contributed by atoms with van der Waals surface area (Å²) in [6.45, 7) is 4.18. The van der Waals surface area contributed by atoms with E-state index in [1.165, 1.54) is 34.2 Å². The standard InChI is InChI=1S/C17H21N3O3S2/c1-3-23-15(22)11-24-17-20-19-16(25-17)18-14(21)6-4-5-13-9-7-12(2)8-10-13/h7-10H,3-6,11H2,1-2H3,(H,18,19,21). The van der Waals surface area contributed by atoms with Crippen LogP contribution in [0.3, 0.4) is 0 Å². The molecule has 1 N–H and O–H groups in total. The Labute approximate surface area is 155 Å². The molecule has 1 amide bonds. The molecule has 0 aliphatic rings. The van der Waals surface area contributed by atoms with E-state index >= 15 is 0 Å². The number of nitrogens with one attached hydrogen (secondary N) is 1. The van der Waals surface area contributed by atoms with E-state index in [1.54, 1.807) is 6.92 Å². The minimum atomic E-state index is -0.288. The normalized spacial score (nSPS) is 10.5. The third kappa shape index (κ3) is 7.23. The van der Waals surface area contributed by atoms with Crippen molar-refractivity contribution in [3.8, 4) is 0 Å². The van der Waals surface area contributed by atoms with Crippen molar-refractivity contribution in [1.82, 2.24) is 10.2 Å². The molecule has 134 valence electrons. The maximum absolute atomic E-state index is 12.0. The lowest BCUT2D eigenvalue weighted by atomic mass is 10.1. The van der Waals surface area contributed by atoms with Gasteiger partial charge in [-0.3, -0.25) is 9.59 Å². The van der Waals surface area contributed by atoms with Gasteiger partial charge in [0.05, 0.1) is 12.4 Å². The smallest absolute Gasteiger partial charge is 0.316 e. The van der Waals surface area contributed by atoms with Gasteiger partial charge in [0.2, 0.25) is 11.0 Å². The van der Waals surface area contributed by atoms with E-state index in [0.717, 1.165) is 12.8 Å². The SMILES string of the molecule is CCOC(=O)CSc1nnc(NC(=O)CCCc2ccc(C)cc2)s1. The Kier molecular flexibility index (Phi) is 7.87. The molecule has 0 atom stereocenters. The van der Waals surface area contributed by atoms with Gasteiger partial charge in [-0.15, -0.1) is 10.2 Å². The molecule has 0 bridgehead atoms. The number of nitrogens with zero attached hydrogens (tertiary/aromatic N) is 2. The number of hydrogen-bond acceptors (Lipinski definition) is 7. The largest absolute Gasteiger partial charge is 0.465 e. The van der Waals surface area contributed by atoms with Crippen molar-refractivity contribution in [3.05, 3.63) is 35.4 Å². The van der Waals surface area contributed by atoms with Gasteiger partial charge >= 0.3 is 5.97 Å².